The number of carboxylic acid groups (broad SMARTS) is 1. The first-order chi connectivity index (χ1) is 17.0. The Kier molecular flexibility index (Phi) is 11.2. The Hall–Kier alpha value is -2.30. The van der Waals surface area contributed by atoms with E-state index in [2.05, 4.69) is 37.3 Å². The van der Waals surface area contributed by atoms with Gasteiger partial charge in [0, 0.05) is 5.02 Å². The Morgan fingerprint density at radius 3 is 2.26 bits per heavy atom. The van der Waals surface area contributed by atoms with Gasteiger partial charge >= 0.3 is 5.97 Å². The molecular formula is C30H40ClNO3. The summed E-state index contributed by atoms with van der Waals surface area (Å²) < 4.78 is 0. The largest absolute Gasteiger partial charge is 0.872 e. The topological polar surface area (TPSA) is 64.8 Å². The fraction of sp³-hybridized carbons (Fsp3) is 0.500. The van der Waals surface area contributed by atoms with Crippen LogP contribution in [0.2, 0.25) is 5.02 Å². The molecule has 5 heteroatoms. The van der Waals surface area contributed by atoms with E-state index in [4.69, 9.17) is 16.7 Å². The summed E-state index contributed by atoms with van der Waals surface area (Å²) in [7, 11) is 0. The highest BCUT2D eigenvalue weighted by Crippen LogP contribution is 2.36. The van der Waals surface area contributed by atoms with Crippen LogP contribution in [0.25, 0.3) is 6.08 Å². The maximum Gasteiger partial charge on any atom is 0.335 e. The second kappa shape index (κ2) is 14.3. The molecule has 0 aromatic heterocycles. The minimum Gasteiger partial charge on any atom is -0.872 e. The van der Waals surface area contributed by atoms with Crippen molar-refractivity contribution in [3.05, 3.63) is 70.3 Å². The summed E-state index contributed by atoms with van der Waals surface area (Å²) in [6, 6.07) is 13.1. The average molecular weight is 498 g/mol. The monoisotopic (exact) mass is 497 g/mol. The summed E-state index contributed by atoms with van der Waals surface area (Å²) in [5.74, 6) is -0.939. The van der Waals surface area contributed by atoms with Crippen LogP contribution in [-0.4, -0.2) is 30.2 Å². The Labute approximate surface area is 215 Å². The zero-order chi connectivity index (χ0) is 25.0. The van der Waals surface area contributed by atoms with Crippen molar-refractivity contribution in [2.75, 3.05) is 13.1 Å². The summed E-state index contributed by atoms with van der Waals surface area (Å²) in [5, 5.41) is 20.0. The van der Waals surface area contributed by atoms with E-state index in [0.29, 0.717) is 5.92 Å². The molecule has 0 amide bonds. The van der Waals surface area contributed by atoms with Crippen molar-refractivity contribution in [3.63, 3.8) is 0 Å². The molecule has 35 heavy (non-hydrogen) atoms. The van der Waals surface area contributed by atoms with Crippen LogP contribution in [-0.2, 0) is 0 Å². The number of carboxylic acids is 1. The highest BCUT2D eigenvalue weighted by Gasteiger charge is 2.22. The van der Waals surface area contributed by atoms with Crippen LogP contribution in [0.1, 0.15) is 98.5 Å². The number of aromatic carboxylic acids is 1. The molecule has 2 fully saturated rings. The second-order valence-corrected chi connectivity index (χ2v) is 10.3. The van der Waals surface area contributed by atoms with Crippen molar-refractivity contribution < 1.29 is 19.9 Å². The van der Waals surface area contributed by atoms with Gasteiger partial charge in [0.25, 0.3) is 0 Å². The predicted molar refractivity (Wildman–Crippen MR) is 142 cm³/mol. The number of carbonyl (C=O) groups is 1. The molecule has 2 aliphatic rings. The molecule has 2 aromatic carbocycles. The molecule has 0 radical (unpaired) electrons. The van der Waals surface area contributed by atoms with Crippen LogP contribution in [0, 0.1) is 0 Å². The van der Waals surface area contributed by atoms with E-state index in [1.54, 1.807) is 4.90 Å². The van der Waals surface area contributed by atoms with Crippen molar-refractivity contribution in [3.8, 4) is 5.75 Å². The van der Waals surface area contributed by atoms with Crippen LogP contribution < -0.4 is 10.0 Å². The number of likely N-dealkylation sites (N-methyl/N-ethyl adjacent to an activating group) is 1. The highest BCUT2D eigenvalue weighted by atomic mass is 35.5. The van der Waals surface area contributed by atoms with Crippen molar-refractivity contribution in [1.82, 2.24) is 0 Å². The van der Waals surface area contributed by atoms with Gasteiger partial charge in [0.05, 0.1) is 24.7 Å². The third-order valence-corrected chi connectivity index (χ3v) is 7.84. The lowest BCUT2D eigenvalue weighted by atomic mass is 9.84. The van der Waals surface area contributed by atoms with Gasteiger partial charge in [0.2, 0.25) is 0 Å². The number of quaternary nitrogens is 1. The number of para-hydroxylation sites is 1. The molecule has 4 rings (SSSR count). The Bertz CT molecular complexity index is 962. The molecule has 4 nitrogen and oxygen atoms in total. The van der Waals surface area contributed by atoms with Gasteiger partial charge < -0.3 is 15.1 Å². The summed E-state index contributed by atoms with van der Waals surface area (Å²) >= 11 is 6.61. The van der Waals surface area contributed by atoms with Gasteiger partial charge in [0.15, 0.2) is 0 Å². The standard InChI is InChI=1S/C23H34ClN.C7H6O3/c1-2-25(21-13-7-4-8-14-21)17-9-10-19-15-16-22(23(24)18-19)20-11-5-3-6-12-20;8-6-4-2-1-3-5(6)7(9)10/h9-10,15-16,18,20-21H,2-8,11-14,17H2,1H3;1-4,8H,(H,9,10)/b10-9-;. The maximum absolute atomic E-state index is 10.7. The van der Waals surface area contributed by atoms with E-state index < -0.39 is 11.7 Å². The molecule has 0 bridgehead atoms. The molecule has 1 atom stereocenters. The summed E-state index contributed by atoms with van der Waals surface area (Å²) in [6.45, 7) is 4.70. The molecule has 0 aliphatic heterocycles. The van der Waals surface area contributed by atoms with Crippen LogP contribution in [0.5, 0.6) is 5.75 Å². The molecule has 0 heterocycles. The zero-order valence-electron chi connectivity index (χ0n) is 21.0. The molecule has 2 saturated carbocycles. The molecule has 2 N–H and O–H groups in total. The summed E-state index contributed by atoms with van der Waals surface area (Å²) in [4.78, 5) is 12.0. The van der Waals surface area contributed by atoms with E-state index in [1.807, 2.05) is 0 Å². The van der Waals surface area contributed by atoms with Crippen LogP contribution >= 0.6 is 11.6 Å². The number of halogens is 1. The first-order valence-corrected chi connectivity index (χ1v) is 13.7. The van der Waals surface area contributed by atoms with Gasteiger partial charge in [0.1, 0.15) is 0 Å². The van der Waals surface area contributed by atoms with Gasteiger partial charge in [-0.1, -0.05) is 79.4 Å². The van der Waals surface area contributed by atoms with Crippen molar-refractivity contribution >= 4 is 23.6 Å². The first-order valence-electron chi connectivity index (χ1n) is 13.3. The Morgan fingerprint density at radius 1 is 1.03 bits per heavy atom. The maximum atomic E-state index is 10.7. The lowest BCUT2D eigenvalue weighted by Gasteiger charge is -2.29. The lowest BCUT2D eigenvalue weighted by Crippen LogP contribution is -3.15. The number of hydrogen-bond donors (Lipinski definition) is 2. The minimum absolute atomic E-state index is 0.178. The van der Waals surface area contributed by atoms with E-state index >= 15 is 0 Å². The third-order valence-electron chi connectivity index (χ3n) is 7.51. The summed E-state index contributed by atoms with van der Waals surface area (Å²) in [5.41, 5.74) is 2.45. The number of benzene rings is 2. The smallest absolute Gasteiger partial charge is 0.335 e. The molecule has 2 aliphatic carbocycles. The zero-order valence-corrected chi connectivity index (χ0v) is 21.7. The first kappa shape index (κ1) is 27.3. The Balaban J connectivity index is 0.000000287. The molecule has 2 aromatic rings. The SMILES string of the molecule is CC[NH+](C/C=C\c1ccc(C2CCCCC2)c(Cl)c1)C1CCCCC1.O=C(O)c1ccccc1[O-]. The fourth-order valence-corrected chi connectivity index (χ4v) is 5.84. The van der Waals surface area contributed by atoms with E-state index in [1.165, 1.54) is 106 Å². The van der Waals surface area contributed by atoms with Gasteiger partial charge in [-0.3, -0.25) is 0 Å². The second-order valence-electron chi connectivity index (χ2n) is 9.87. The summed E-state index contributed by atoms with van der Waals surface area (Å²) in [6.07, 6.45) is 18.5. The highest BCUT2D eigenvalue weighted by molar-refractivity contribution is 6.31. The molecular weight excluding hydrogens is 458 g/mol. The Morgan fingerprint density at radius 2 is 1.69 bits per heavy atom. The van der Waals surface area contributed by atoms with Crippen molar-refractivity contribution in [2.45, 2.75) is 83.1 Å². The quantitative estimate of drug-likeness (QED) is 0.486. The van der Waals surface area contributed by atoms with E-state index in [-0.39, 0.29) is 5.56 Å². The normalized spacial score (nSPS) is 18.1. The van der Waals surface area contributed by atoms with Gasteiger partial charge in [-0.15, -0.1) is 0 Å². The minimum atomic E-state index is -1.18. The molecule has 1 unspecified atom stereocenters. The third kappa shape index (κ3) is 8.40. The van der Waals surface area contributed by atoms with Gasteiger partial charge in [-0.25, -0.2) is 4.79 Å². The molecule has 0 saturated heterocycles. The lowest BCUT2D eigenvalue weighted by molar-refractivity contribution is -0.919. The fourth-order valence-electron chi connectivity index (χ4n) is 5.49. The van der Waals surface area contributed by atoms with Crippen LogP contribution in [0.4, 0.5) is 0 Å². The van der Waals surface area contributed by atoms with Crippen LogP contribution in [0.15, 0.2) is 48.5 Å². The van der Waals surface area contributed by atoms with E-state index in [9.17, 15) is 9.90 Å². The van der Waals surface area contributed by atoms with Crippen molar-refractivity contribution in [1.29, 1.82) is 0 Å². The predicted octanol–water partition coefficient (Wildman–Crippen LogP) is 6.10. The molecule has 0 spiro atoms. The van der Waals surface area contributed by atoms with Crippen LogP contribution in [0.3, 0.4) is 0 Å². The number of hydrogen-bond acceptors (Lipinski definition) is 2. The van der Waals surface area contributed by atoms with Gasteiger partial charge in [-0.2, -0.15) is 0 Å². The average Bonchev–Trinajstić information content (AvgIpc) is 2.88. The number of rotatable bonds is 7. The van der Waals surface area contributed by atoms with Gasteiger partial charge in [-0.05, 0) is 80.7 Å². The number of nitrogens with one attached hydrogen (secondary N) is 1. The van der Waals surface area contributed by atoms with E-state index in [0.717, 1.165) is 17.6 Å². The van der Waals surface area contributed by atoms with Crippen molar-refractivity contribution in [2.24, 2.45) is 0 Å². The molecule has 190 valence electrons.